The predicted octanol–water partition coefficient (Wildman–Crippen LogP) is 3.38. The molecule has 0 radical (unpaired) electrons. The number of nitrogens with zero attached hydrogens (tertiary/aromatic N) is 2. The van der Waals surface area contributed by atoms with Gasteiger partial charge in [-0.3, -0.25) is 0 Å². The summed E-state index contributed by atoms with van der Waals surface area (Å²) in [6.07, 6.45) is 0. The zero-order valence-electron chi connectivity index (χ0n) is 8.80. The topological polar surface area (TPSA) is 72.3 Å². The van der Waals surface area contributed by atoms with E-state index >= 15 is 0 Å². The van der Waals surface area contributed by atoms with Crippen LogP contribution in [0.3, 0.4) is 0 Å². The normalized spacial score (nSPS) is 10.1. The summed E-state index contributed by atoms with van der Waals surface area (Å²) in [7, 11) is 0. The van der Waals surface area contributed by atoms with Crippen LogP contribution in [0.2, 0.25) is 5.15 Å². The van der Waals surface area contributed by atoms with Gasteiger partial charge < -0.3 is 9.84 Å². The molecule has 0 amide bonds. The summed E-state index contributed by atoms with van der Waals surface area (Å²) >= 11 is 8.86. The Hall–Kier alpha value is -1.66. The molecular weight excluding hydrogens is 323 g/mol. The molecule has 0 atom stereocenters. The molecule has 0 fully saturated rings. The van der Waals surface area contributed by atoms with E-state index in [1.165, 1.54) is 24.3 Å². The zero-order chi connectivity index (χ0) is 13.1. The Labute approximate surface area is 116 Å². The van der Waals surface area contributed by atoms with Gasteiger partial charge in [-0.2, -0.15) is 0 Å². The van der Waals surface area contributed by atoms with Gasteiger partial charge in [-0.1, -0.05) is 11.6 Å². The Morgan fingerprint density at radius 2 is 2.06 bits per heavy atom. The average molecular weight is 330 g/mol. The summed E-state index contributed by atoms with van der Waals surface area (Å²) in [4.78, 5) is 10.8. The first-order chi connectivity index (χ1) is 8.56. The second-order valence-corrected chi connectivity index (χ2v) is 4.49. The SMILES string of the molecule is O=C(O)c1ccc(Br)c(Oc2ccc(Cl)nn2)c1. The van der Waals surface area contributed by atoms with E-state index in [2.05, 4.69) is 26.1 Å². The zero-order valence-corrected chi connectivity index (χ0v) is 11.1. The molecule has 1 heterocycles. The van der Waals surface area contributed by atoms with Gasteiger partial charge in [0, 0.05) is 6.07 Å². The molecule has 0 aliphatic rings. The van der Waals surface area contributed by atoms with E-state index < -0.39 is 5.97 Å². The van der Waals surface area contributed by atoms with Crippen molar-refractivity contribution >= 4 is 33.5 Å². The van der Waals surface area contributed by atoms with E-state index in [4.69, 9.17) is 21.4 Å². The summed E-state index contributed by atoms with van der Waals surface area (Å²) < 4.78 is 6.03. The van der Waals surface area contributed by atoms with Crippen LogP contribution in [0.4, 0.5) is 0 Å². The fourth-order valence-electron chi connectivity index (χ4n) is 1.19. The van der Waals surface area contributed by atoms with Crippen molar-refractivity contribution in [2.75, 3.05) is 0 Å². The van der Waals surface area contributed by atoms with E-state index in [9.17, 15) is 4.79 Å². The molecular formula is C11H6BrClN2O3. The molecule has 0 bridgehead atoms. The maximum Gasteiger partial charge on any atom is 0.335 e. The molecule has 0 unspecified atom stereocenters. The Morgan fingerprint density at radius 1 is 1.28 bits per heavy atom. The van der Waals surface area contributed by atoms with Crippen LogP contribution in [0.25, 0.3) is 0 Å². The maximum absolute atomic E-state index is 10.8. The first kappa shape index (κ1) is 12.8. The minimum absolute atomic E-state index is 0.120. The van der Waals surface area contributed by atoms with Gasteiger partial charge in [0.15, 0.2) is 5.15 Å². The number of hydrogen-bond donors (Lipinski definition) is 1. The molecule has 1 N–H and O–H groups in total. The molecule has 2 aromatic rings. The second kappa shape index (κ2) is 5.32. The summed E-state index contributed by atoms with van der Waals surface area (Å²) in [5.74, 6) is -0.469. The molecule has 5 nitrogen and oxygen atoms in total. The highest BCUT2D eigenvalue weighted by atomic mass is 79.9. The molecule has 1 aromatic carbocycles. The van der Waals surface area contributed by atoms with E-state index in [0.29, 0.717) is 10.2 Å². The molecule has 7 heteroatoms. The van der Waals surface area contributed by atoms with Gasteiger partial charge in [-0.25, -0.2) is 4.79 Å². The number of carboxylic acids is 1. The molecule has 0 saturated heterocycles. The summed E-state index contributed by atoms with van der Waals surface area (Å²) in [6, 6.07) is 7.51. The van der Waals surface area contributed by atoms with Gasteiger partial charge in [0.1, 0.15) is 5.75 Å². The Bertz CT molecular complexity index is 589. The van der Waals surface area contributed by atoms with Gasteiger partial charge in [-0.15, -0.1) is 10.2 Å². The highest BCUT2D eigenvalue weighted by Crippen LogP contribution is 2.29. The number of halogens is 2. The largest absolute Gasteiger partial charge is 0.478 e. The molecule has 18 heavy (non-hydrogen) atoms. The van der Waals surface area contributed by atoms with E-state index in [-0.39, 0.29) is 16.6 Å². The second-order valence-electron chi connectivity index (χ2n) is 3.25. The number of hydrogen-bond acceptors (Lipinski definition) is 4. The lowest BCUT2D eigenvalue weighted by molar-refractivity contribution is 0.0696. The Morgan fingerprint density at radius 3 is 2.67 bits per heavy atom. The number of ether oxygens (including phenoxy) is 1. The minimum Gasteiger partial charge on any atom is -0.478 e. The minimum atomic E-state index is -1.03. The molecule has 0 saturated carbocycles. The van der Waals surface area contributed by atoms with Crippen molar-refractivity contribution in [2.24, 2.45) is 0 Å². The smallest absolute Gasteiger partial charge is 0.335 e. The highest BCUT2D eigenvalue weighted by Gasteiger charge is 2.09. The fraction of sp³-hybridized carbons (Fsp3) is 0. The molecule has 0 aliphatic carbocycles. The number of rotatable bonds is 3. The van der Waals surface area contributed by atoms with Crippen LogP contribution in [0.1, 0.15) is 10.4 Å². The number of carboxylic acid groups (broad SMARTS) is 1. The van der Waals surface area contributed by atoms with Crippen LogP contribution < -0.4 is 4.74 Å². The molecule has 0 aliphatic heterocycles. The van der Waals surface area contributed by atoms with Crippen molar-refractivity contribution in [3.8, 4) is 11.6 Å². The third kappa shape index (κ3) is 2.96. The Balaban J connectivity index is 2.30. The van der Waals surface area contributed by atoms with Gasteiger partial charge in [0.25, 0.3) is 0 Å². The van der Waals surface area contributed by atoms with Crippen LogP contribution in [0.15, 0.2) is 34.8 Å². The average Bonchev–Trinajstić information content (AvgIpc) is 2.34. The van der Waals surface area contributed by atoms with E-state index in [1.807, 2.05) is 0 Å². The molecule has 92 valence electrons. The first-order valence-corrected chi connectivity index (χ1v) is 5.93. The number of aromatic nitrogens is 2. The lowest BCUT2D eigenvalue weighted by Crippen LogP contribution is -1.97. The van der Waals surface area contributed by atoms with Gasteiger partial charge in [0.05, 0.1) is 10.0 Å². The first-order valence-electron chi connectivity index (χ1n) is 4.76. The third-order valence-corrected chi connectivity index (χ3v) is 2.86. The van der Waals surface area contributed by atoms with E-state index in [0.717, 1.165) is 0 Å². The lowest BCUT2D eigenvalue weighted by Gasteiger charge is -2.07. The quantitative estimate of drug-likeness (QED) is 0.934. The van der Waals surface area contributed by atoms with Crippen LogP contribution in [0, 0.1) is 0 Å². The van der Waals surface area contributed by atoms with Crippen molar-refractivity contribution in [2.45, 2.75) is 0 Å². The van der Waals surface area contributed by atoms with Crippen molar-refractivity contribution in [3.05, 3.63) is 45.5 Å². The van der Waals surface area contributed by atoms with Crippen LogP contribution in [0.5, 0.6) is 11.6 Å². The predicted molar refractivity (Wildman–Crippen MR) is 68.2 cm³/mol. The standard InChI is InChI=1S/C11H6BrClN2O3/c12-7-2-1-6(11(16)17)5-8(7)18-10-4-3-9(13)14-15-10/h1-5H,(H,16,17). The van der Waals surface area contributed by atoms with Gasteiger partial charge >= 0.3 is 5.97 Å². The van der Waals surface area contributed by atoms with Crippen LogP contribution >= 0.6 is 27.5 Å². The Kier molecular flexibility index (Phi) is 3.78. The molecule has 2 rings (SSSR count). The molecule has 0 spiro atoms. The monoisotopic (exact) mass is 328 g/mol. The van der Waals surface area contributed by atoms with Crippen LogP contribution in [-0.2, 0) is 0 Å². The van der Waals surface area contributed by atoms with Crippen LogP contribution in [-0.4, -0.2) is 21.3 Å². The van der Waals surface area contributed by atoms with Crippen molar-refractivity contribution in [1.82, 2.24) is 10.2 Å². The van der Waals surface area contributed by atoms with Crippen molar-refractivity contribution in [3.63, 3.8) is 0 Å². The summed E-state index contributed by atoms with van der Waals surface area (Å²) in [5, 5.41) is 16.5. The number of benzene rings is 1. The lowest BCUT2D eigenvalue weighted by atomic mass is 10.2. The van der Waals surface area contributed by atoms with Crippen molar-refractivity contribution < 1.29 is 14.6 Å². The van der Waals surface area contributed by atoms with E-state index in [1.54, 1.807) is 6.07 Å². The van der Waals surface area contributed by atoms with Crippen molar-refractivity contribution in [1.29, 1.82) is 0 Å². The summed E-state index contributed by atoms with van der Waals surface area (Å²) in [5.41, 5.74) is 0.120. The fourth-order valence-corrected chi connectivity index (χ4v) is 1.61. The number of aromatic carboxylic acids is 1. The highest BCUT2D eigenvalue weighted by molar-refractivity contribution is 9.10. The van der Waals surface area contributed by atoms with Gasteiger partial charge in [-0.05, 0) is 40.2 Å². The number of carbonyl (C=O) groups is 1. The maximum atomic E-state index is 10.8. The molecule has 1 aromatic heterocycles. The van der Waals surface area contributed by atoms with Gasteiger partial charge in [0.2, 0.25) is 5.88 Å². The third-order valence-electron chi connectivity index (χ3n) is 2.00. The summed E-state index contributed by atoms with van der Waals surface area (Å²) in [6.45, 7) is 0.